The molecule has 1 aromatic heterocycles. The first kappa shape index (κ1) is 21.6. The number of ether oxygens (including phenoxy) is 2. The van der Waals surface area contributed by atoms with Crippen LogP contribution >= 0.6 is 11.6 Å². The predicted molar refractivity (Wildman–Crippen MR) is 98.7 cm³/mol. The highest BCUT2D eigenvalue weighted by atomic mass is 35.5. The molecule has 1 heterocycles. The molecule has 0 unspecified atom stereocenters. The van der Waals surface area contributed by atoms with Crippen molar-refractivity contribution in [3.05, 3.63) is 40.5 Å². The number of alkyl halides is 3. The van der Waals surface area contributed by atoms with Crippen LogP contribution in [0.4, 0.5) is 13.2 Å². The third-order valence-corrected chi connectivity index (χ3v) is 5.30. The molecule has 1 fully saturated rings. The first-order valence-corrected chi connectivity index (χ1v) is 9.30. The van der Waals surface area contributed by atoms with Gasteiger partial charge in [0.05, 0.1) is 17.8 Å². The van der Waals surface area contributed by atoms with Crippen LogP contribution in [0, 0.1) is 0 Å². The number of methoxy groups -OCH3 is 2. The Morgan fingerprint density at radius 1 is 1.14 bits per heavy atom. The lowest BCUT2D eigenvalue weighted by molar-refractivity contribution is -0.137. The average Bonchev–Trinajstić information content (AvgIpc) is 3.08. The van der Waals surface area contributed by atoms with E-state index in [1.54, 1.807) is 14.2 Å². The summed E-state index contributed by atoms with van der Waals surface area (Å²) in [6.45, 7) is 0. The van der Waals surface area contributed by atoms with Crippen LogP contribution in [-0.4, -0.2) is 43.5 Å². The summed E-state index contributed by atoms with van der Waals surface area (Å²) in [5.41, 5.74) is -0.645. The van der Waals surface area contributed by atoms with E-state index < -0.39 is 17.6 Å². The molecule has 158 valence electrons. The highest BCUT2D eigenvalue weighted by molar-refractivity contribution is 6.35. The number of nitrogens with one attached hydrogen (secondary N) is 1. The summed E-state index contributed by atoms with van der Waals surface area (Å²) in [7, 11) is 3.21. The fourth-order valence-electron chi connectivity index (χ4n) is 3.38. The van der Waals surface area contributed by atoms with Crippen molar-refractivity contribution in [2.45, 2.75) is 43.7 Å². The molecular formula is C19H20ClF3N2O4. The third kappa shape index (κ3) is 4.91. The van der Waals surface area contributed by atoms with Crippen LogP contribution in [0.25, 0.3) is 11.3 Å². The predicted octanol–water partition coefficient (Wildman–Crippen LogP) is 4.33. The molecule has 0 radical (unpaired) electrons. The van der Waals surface area contributed by atoms with Gasteiger partial charge in [0.1, 0.15) is 5.02 Å². The monoisotopic (exact) mass is 432 g/mol. The standard InChI is InChI=1S/C19H20ClF3N2O4/c1-27-13-7-12(8-14(9-13)28-2)24-18(26)16-15(20)17(29-25-16)10-3-5-11(6-4-10)19(21,22)23/h3-6,12-14H,7-9H2,1-2H3,(H,24,26)/t12-,13+,14-. The molecule has 1 aromatic carbocycles. The van der Waals surface area contributed by atoms with E-state index in [0.717, 1.165) is 18.6 Å². The Morgan fingerprint density at radius 3 is 2.24 bits per heavy atom. The van der Waals surface area contributed by atoms with Crippen LogP contribution in [0.5, 0.6) is 0 Å². The minimum atomic E-state index is -4.45. The van der Waals surface area contributed by atoms with E-state index in [2.05, 4.69) is 10.5 Å². The smallest absolute Gasteiger partial charge is 0.381 e. The van der Waals surface area contributed by atoms with Crippen molar-refractivity contribution in [1.82, 2.24) is 10.5 Å². The summed E-state index contributed by atoms with van der Waals surface area (Å²) in [6, 6.07) is 4.04. The van der Waals surface area contributed by atoms with Gasteiger partial charge in [0.25, 0.3) is 5.91 Å². The van der Waals surface area contributed by atoms with Gasteiger partial charge >= 0.3 is 6.18 Å². The van der Waals surface area contributed by atoms with Crippen molar-refractivity contribution in [2.24, 2.45) is 0 Å². The second kappa shape index (κ2) is 8.73. The number of hydrogen-bond acceptors (Lipinski definition) is 5. The lowest BCUT2D eigenvalue weighted by atomic mass is 9.90. The fourth-order valence-corrected chi connectivity index (χ4v) is 3.65. The second-order valence-corrected chi connectivity index (χ2v) is 7.22. The van der Waals surface area contributed by atoms with Crippen molar-refractivity contribution in [3.63, 3.8) is 0 Å². The summed E-state index contributed by atoms with van der Waals surface area (Å²) in [4.78, 5) is 12.6. The molecule has 2 aromatic rings. The number of nitrogens with zero attached hydrogens (tertiary/aromatic N) is 1. The summed E-state index contributed by atoms with van der Waals surface area (Å²) in [6.07, 6.45) is -2.58. The summed E-state index contributed by atoms with van der Waals surface area (Å²) in [5.74, 6) is -0.507. The van der Waals surface area contributed by atoms with E-state index in [1.807, 2.05) is 0 Å². The maximum Gasteiger partial charge on any atom is 0.416 e. The van der Waals surface area contributed by atoms with Gasteiger partial charge in [-0.2, -0.15) is 13.2 Å². The molecule has 29 heavy (non-hydrogen) atoms. The summed E-state index contributed by atoms with van der Waals surface area (Å²) in [5, 5.41) is 6.48. The minimum absolute atomic E-state index is 0.0266. The highest BCUT2D eigenvalue weighted by Crippen LogP contribution is 2.34. The first-order chi connectivity index (χ1) is 13.7. The average molecular weight is 433 g/mol. The number of aromatic nitrogens is 1. The maximum absolute atomic E-state index is 12.7. The molecular weight excluding hydrogens is 413 g/mol. The Morgan fingerprint density at radius 2 is 1.72 bits per heavy atom. The fraction of sp³-hybridized carbons (Fsp3) is 0.474. The van der Waals surface area contributed by atoms with Crippen LogP contribution in [0.15, 0.2) is 28.8 Å². The highest BCUT2D eigenvalue weighted by Gasteiger charge is 2.32. The largest absolute Gasteiger partial charge is 0.416 e. The zero-order valence-corrected chi connectivity index (χ0v) is 16.5. The lowest BCUT2D eigenvalue weighted by Gasteiger charge is -2.33. The van der Waals surface area contributed by atoms with E-state index >= 15 is 0 Å². The zero-order chi connectivity index (χ0) is 21.2. The van der Waals surface area contributed by atoms with E-state index in [9.17, 15) is 18.0 Å². The molecule has 0 saturated heterocycles. The van der Waals surface area contributed by atoms with Gasteiger partial charge in [-0.3, -0.25) is 4.79 Å². The number of amides is 1. The molecule has 1 amide bonds. The number of hydrogen-bond donors (Lipinski definition) is 1. The number of halogens is 4. The molecule has 0 aliphatic heterocycles. The van der Waals surface area contributed by atoms with Gasteiger partial charge in [0, 0.05) is 25.8 Å². The van der Waals surface area contributed by atoms with Crippen molar-refractivity contribution >= 4 is 17.5 Å². The van der Waals surface area contributed by atoms with Crippen LogP contribution in [0.1, 0.15) is 35.3 Å². The van der Waals surface area contributed by atoms with E-state index in [-0.39, 0.29) is 40.3 Å². The maximum atomic E-state index is 12.7. The van der Waals surface area contributed by atoms with E-state index in [0.29, 0.717) is 12.8 Å². The molecule has 3 atom stereocenters. The molecule has 10 heteroatoms. The quantitative estimate of drug-likeness (QED) is 0.761. The topological polar surface area (TPSA) is 73.6 Å². The van der Waals surface area contributed by atoms with Gasteiger partial charge < -0.3 is 19.3 Å². The first-order valence-electron chi connectivity index (χ1n) is 8.92. The SMILES string of the molecule is CO[C@@H]1C[C@H](NC(=O)c2noc(-c3ccc(C(F)(F)F)cc3)c2Cl)C[C@H](OC)C1. The second-order valence-electron chi connectivity index (χ2n) is 6.84. The molecule has 1 saturated carbocycles. The van der Waals surface area contributed by atoms with Gasteiger partial charge in [-0.05, 0) is 31.4 Å². The lowest BCUT2D eigenvalue weighted by Crippen LogP contribution is -2.45. The number of benzene rings is 1. The van der Waals surface area contributed by atoms with Gasteiger partial charge in [-0.25, -0.2) is 0 Å². The number of carbonyl (C=O) groups excluding carboxylic acids is 1. The van der Waals surface area contributed by atoms with Crippen molar-refractivity contribution in [2.75, 3.05) is 14.2 Å². The minimum Gasteiger partial charge on any atom is -0.381 e. The van der Waals surface area contributed by atoms with Gasteiger partial charge in [0.2, 0.25) is 0 Å². The molecule has 1 N–H and O–H groups in total. The van der Waals surface area contributed by atoms with E-state index in [4.69, 9.17) is 25.6 Å². The van der Waals surface area contributed by atoms with Gasteiger partial charge in [-0.15, -0.1) is 0 Å². The molecule has 1 aliphatic carbocycles. The molecule has 3 rings (SSSR count). The van der Waals surface area contributed by atoms with E-state index in [1.165, 1.54) is 12.1 Å². The summed E-state index contributed by atoms with van der Waals surface area (Å²) >= 11 is 6.22. The number of rotatable bonds is 5. The Balaban J connectivity index is 1.74. The summed E-state index contributed by atoms with van der Waals surface area (Å²) < 4.78 is 54.0. The molecule has 0 bridgehead atoms. The van der Waals surface area contributed by atoms with Crippen LogP contribution in [0.3, 0.4) is 0 Å². The van der Waals surface area contributed by atoms with Crippen LogP contribution < -0.4 is 5.32 Å². The van der Waals surface area contributed by atoms with Gasteiger partial charge in [-0.1, -0.05) is 28.9 Å². The normalized spacial score (nSPS) is 22.5. The Labute approximate surface area is 170 Å². The Kier molecular flexibility index (Phi) is 6.50. The Hall–Kier alpha value is -2.10. The Bertz CT molecular complexity index is 842. The van der Waals surface area contributed by atoms with Gasteiger partial charge in [0.15, 0.2) is 11.5 Å². The number of carbonyl (C=O) groups is 1. The third-order valence-electron chi connectivity index (χ3n) is 4.95. The van der Waals surface area contributed by atoms with Crippen LogP contribution in [0.2, 0.25) is 5.02 Å². The molecule has 1 aliphatic rings. The molecule has 0 spiro atoms. The van der Waals surface area contributed by atoms with Crippen LogP contribution in [-0.2, 0) is 15.7 Å². The van der Waals surface area contributed by atoms with Crippen molar-refractivity contribution in [3.8, 4) is 11.3 Å². The van der Waals surface area contributed by atoms with Crippen molar-refractivity contribution in [1.29, 1.82) is 0 Å². The zero-order valence-electron chi connectivity index (χ0n) is 15.8. The van der Waals surface area contributed by atoms with Crippen molar-refractivity contribution < 1.29 is 32.0 Å². The molecule has 6 nitrogen and oxygen atoms in total.